The van der Waals surface area contributed by atoms with Crippen molar-refractivity contribution in [1.82, 2.24) is 9.97 Å². The van der Waals surface area contributed by atoms with Gasteiger partial charge >= 0.3 is 0 Å². The van der Waals surface area contributed by atoms with E-state index in [0.29, 0.717) is 24.6 Å². The average molecular weight is 265 g/mol. The highest BCUT2D eigenvalue weighted by molar-refractivity contribution is 5.77. The zero-order chi connectivity index (χ0) is 13.4. The van der Waals surface area contributed by atoms with Gasteiger partial charge in [-0.3, -0.25) is 0 Å². The van der Waals surface area contributed by atoms with Crippen LogP contribution in [0, 0.1) is 5.82 Å². The molecule has 2 atom stereocenters. The first-order valence-electron chi connectivity index (χ1n) is 6.32. The number of anilines is 1. The predicted molar refractivity (Wildman–Crippen MR) is 69.7 cm³/mol. The Balaban J connectivity index is 1.90. The third-order valence-corrected chi connectivity index (χ3v) is 3.26. The fourth-order valence-electron chi connectivity index (χ4n) is 2.44. The van der Waals surface area contributed by atoms with E-state index in [1.807, 2.05) is 11.8 Å². The summed E-state index contributed by atoms with van der Waals surface area (Å²) >= 11 is 0. The van der Waals surface area contributed by atoms with Gasteiger partial charge in [0.05, 0.1) is 29.8 Å². The summed E-state index contributed by atoms with van der Waals surface area (Å²) in [6.45, 7) is 3.20. The summed E-state index contributed by atoms with van der Waals surface area (Å²) in [7, 11) is 0. The number of ether oxygens (including phenoxy) is 1. The molecule has 1 aromatic carbocycles. The van der Waals surface area contributed by atoms with Gasteiger partial charge in [0.1, 0.15) is 5.82 Å². The molecule has 0 radical (unpaired) electrons. The van der Waals surface area contributed by atoms with Gasteiger partial charge in [-0.1, -0.05) is 0 Å². The number of hydrogen-bond donors (Lipinski definition) is 2. The molecule has 0 bridgehead atoms. The number of H-pyrrole nitrogens is 1. The molecule has 2 N–H and O–H groups in total. The highest BCUT2D eigenvalue weighted by atomic mass is 19.1. The van der Waals surface area contributed by atoms with E-state index in [1.54, 1.807) is 6.07 Å². The van der Waals surface area contributed by atoms with Crippen LogP contribution >= 0.6 is 0 Å². The summed E-state index contributed by atoms with van der Waals surface area (Å²) in [5, 5.41) is 9.22. The van der Waals surface area contributed by atoms with Crippen molar-refractivity contribution >= 4 is 17.0 Å². The minimum absolute atomic E-state index is 0.0182. The Morgan fingerprint density at radius 1 is 1.53 bits per heavy atom. The maximum Gasteiger partial charge on any atom is 0.204 e. The highest BCUT2D eigenvalue weighted by Crippen LogP contribution is 2.21. The molecule has 102 valence electrons. The number of aromatic amines is 1. The van der Waals surface area contributed by atoms with Crippen LogP contribution in [0.25, 0.3) is 11.0 Å². The molecule has 3 rings (SSSR count). The molecule has 6 heteroatoms. The smallest absolute Gasteiger partial charge is 0.204 e. The maximum atomic E-state index is 13.2. The topological polar surface area (TPSA) is 61.4 Å². The van der Waals surface area contributed by atoms with Crippen molar-refractivity contribution in [3.8, 4) is 0 Å². The van der Waals surface area contributed by atoms with Gasteiger partial charge in [0.2, 0.25) is 5.95 Å². The second-order valence-electron chi connectivity index (χ2n) is 4.88. The number of halogens is 1. The summed E-state index contributed by atoms with van der Waals surface area (Å²) < 4.78 is 18.7. The van der Waals surface area contributed by atoms with Crippen molar-refractivity contribution in [2.75, 3.05) is 24.6 Å². The van der Waals surface area contributed by atoms with Crippen LogP contribution in [0.1, 0.15) is 6.92 Å². The molecular formula is C13H16FN3O2. The first kappa shape index (κ1) is 12.4. The van der Waals surface area contributed by atoms with Gasteiger partial charge in [-0.05, 0) is 25.1 Å². The Hall–Kier alpha value is -1.66. The molecule has 1 aliphatic heterocycles. The lowest BCUT2D eigenvalue weighted by Gasteiger charge is -2.35. The quantitative estimate of drug-likeness (QED) is 0.859. The second kappa shape index (κ2) is 4.79. The lowest BCUT2D eigenvalue weighted by molar-refractivity contribution is -0.0424. The van der Waals surface area contributed by atoms with Crippen molar-refractivity contribution in [3.05, 3.63) is 24.0 Å². The van der Waals surface area contributed by atoms with Gasteiger partial charge in [0.15, 0.2) is 0 Å². The van der Waals surface area contributed by atoms with Crippen LogP contribution in [0.4, 0.5) is 10.3 Å². The van der Waals surface area contributed by atoms with E-state index in [-0.39, 0.29) is 24.6 Å². The Morgan fingerprint density at radius 3 is 3.16 bits per heavy atom. The number of aliphatic hydroxyl groups excluding tert-OH is 1. The molecule has 0 amide bonds. The van der Waals surface area contributed by atoms with Crippen LogP contribution < -0.4 is 4.90 Å². The number of nitrogens with zero attached hydrogens (tertiary/aromatic N) is 2. The largest absolute Gasteiger partial charge is 0.394 e. The van der Waals surface area contributed by atoms with Crippen LogP contribution in [-0.4, -0.2) is 47.0 Å². The molecule has 0 spiro atoms. The first-order chi connectivity index (χ1) is 9.15. The Kier molecular flexibility index (Phi) is 3.12. The summed E-state index contributed by atoms with van der Waals surface area (Å²) in [6.07, 6.45) is -0.190. The summed E-state index contributed by atoms with van der Waals surface area (Å²) in [6, 6.07) is 4.47. The standard InChI is InChI=1S/C13H16FN3O2/c1-8-5-17(6-10(7-18)19-8)13-15-11-3-2-9(14)4-12(11)16-13/h2-4,8,10,18H,5-7H2,1H3,(H,15,16). The average Bonchev–Trinajstić information content (AvgIpc) is 2.80. The van der Waals surface area contributed by atoms with Crippen LogP contribution in [0.2, 0.25) is 0 Å². The Bertz CT molecular complexity index is 586. The third-order valence-electron chi connectivity index (χ3n) is 3.26. The third kappa shape index (κ3) is 2.41. The molecule has 2 aromatic rings. The zero-order valence-corrected chi connectivity index (χ0v) is 10.6. The Morgan fingerprint density at radius 2 is 2.37 bits per heavy atom. The molecule has 1 saturated heterocycles. The van der Waals surface area contributed by atoms with Crippen LogP contribution in [0.3, 0.4) is 0 Å². The second-order valence-corrected chi connectivity index (χ2v) is 4.88. The van der Waals surface area contributed by atoms with E-state index >= 15 is 0 Å². The Labute approximate surface area is 110 Å². The predicted octanol–water partition coefficient (Wildman–Crippen LogP) is 1.29. The van der Waals surface area contributed by atoms with Gasteiger partial charge in [0, 0.05) is 13.1 Å². The van der Waals surface area contributed by atoms with Crippen LogP contribution in [0.15, 0.2) is 18.2 Å². The van der Waals surface area contributed by atoms with E-state index in [1.165, 1.54) is 12.1 Å². The lowest BCUT2D eigenvalue weighted by atomic mass is 10.2. The minimum atomic E-state index is -0.286. The number of hydrogen-bond acceptors (Lipinski definition) is 4. The van der Waals surface area contributed by atoms with Crippen molar-refractivity contribution in [1.29, 1.82) is 0 Å². The summed E-state index contributed by atoms with van der Waals surface area (Å²) in [4.78, 5) is 9.58. The number of fused-ring (bicyclic) bond motifs is 1. The van der Waals surface area contributed by atoms with Gasteiger partial charge in [-0.15, -0.1) is 0 Å². The number of benzene rings is 1. The molecule has 19 heavy (non-hydrogen) atoms. The van der Waals surface area contributed by atoms with Gasteiger partial charge in [-0.2, -0.15) is 0 Å². The maximum absolute atomic E-state index is 13.2. The fraction of sp³-hybridized carbons (Fsp3) is 0.462. The van der Waals surface area contributed by atoms with Crippen molar-refractivity contribution in [3.63, 3.8) is 0 Å². The number of aromatic nitrogens is 2. The zero-order valence-electron chi connectivity index (χ0n) is 10.6. The molecule has 0 aliphatic carbocycles. The van der Waals surface area contributed by atoms with Gasteiger partial charge < -0.3 is 19.7 Å². The monoisotopic (exact) mass is 265 g/mol. The first-order valence-corrected chi connectivity index (χ1v) is 6.32. The van der Waals surface area contributed by atoms with Crippen molar-refractivity contribution in [2.24, 2.45) is 0 Å². The van der Waals surface area contributed by atoms with Crippen LogP contribution in [0.5, 0.6) is 0 Å². The molecule has 2 heterocycles. The van der Waals surface area contributed by atoms with Gasteiger partial charge in [-0.25, -0.2) is 9.37 Å². The van der Waals surface area contributed by atoms with E-state index in [9.17, 15) is 9.50 Å². The SMILES string of the molecule is CC1CN(c2nc3ccc(F)cc3[nH]2)CC(CO)O1. The van der Waals surface area contributed by atoms with E-state index < -0.39 is 0 Å². The molecule has 0 saturated carbocycles. The summed E-state index contributed by atoms with van der Waals surface area (Å²) in [5.41, 5.74) is 1.41. The van der Waals surface area contributed by atoms with E-state index in [4.69, 9.17) is 4.74 Å². The number of aliphatic hydroxyl groups is 1. The lowest BCUT2D eigenvalue weighted by Crippen LogP contribution is -2.48. The number of rotatable bonds is 2. The number of morpholine rings is 1. The number of imidazole rings is 1. The molecule has 1 aliphatic rings. The summed E-state index contributed by atoms with van der Waals surface area (Å²) in [5.74, 6) is 0.403. The molecule has 1 aromatic heterocycles. The van der Waals surface area contributed by atoms with Crippen molar-refractivity contribution < 1.29 is 14.2 Å². The molecular weight excluding hydrogens is 249 g/mol. The minimum Gasteiger partial charge on any atom is -0.394 e. The van der Waals surface area contributed by atoms with Crippen LogP contribution in [-0.2, 0) is 4.74 Å². The number of nitrogens with one attached hydrogen (secondary N) is 1. The fourth-order valence-corrected chi connectivity index (χ4v) is 2.44. The highest BCUT2D eigenvalue weighted by Gasteiger charge is 2.26. The molecule has 1 fully saturated rings. The van der Waals surface area contributed by atoms with Gasteiger partial charge in [0.25, 0.3) is 0 Å². The normalized spacial score (nSPS) is 24.1. The van der Waals surface area contributed by atoms with Crippen molar-refractivity contribution in [2.45, 2.75) is 19.1 Å². The van der Waals surface area contributed by atoms with E-state index in [0.717, 1.165) is 5.52 Å². The molecule has 2 unspecified atom stereocenters. The molecule has 5 nitrogen and oxygen atoms in total. The van der Waals surface area contributed by atoms with E-state index in [2.05, 4.69) is 9.97 Å².